The zero-order chi connectivity index (χ0) is 21.8. The summed E-state index contributed by atoms with van der Waals surface area (Å²) < 4.78 is 11.5. The highest BCUT2D eigenvalue weighted by molar-refractivity contribution is 9.10. The van der Waals surface area contributed by atoms with E-state index in [0.717, 1.165) is 10.5 Å². The standard InChI is InChI=1S/C22H19BrN2O5/c1-4-9-30-19-12-16(23)14(11-18(19)29-3)10-15-20(26)24-22(28)25(21(15)27)17-8-6-5-7-13(17)2/h4-8,10-12H,1,9H2,2-3H3,(H,24,26,28)/b15-10+. The number of methoxy groups -OCH3 is 1. The van der Waals surface area contributed by atoms with Gasteiger partial charge in [0.15, 0.2) is 11.5 Å². The fourth-order valence-electron chi connectivity index (χ4n) is 2.93. The molecule has 0 atom stereocenters. The van der Waals surface area contributed by atoms with E-state index >= 15 is 0 Å². The number of benzene rings is 2. The minimum absolute atomic E-state index is 0.180. The highest BCUT2D eigenvalue weighted by atomic mass is 79.9. The van der Waals surface area contributed by atoms with E-state index in [-0.39, 0.29) is 12.2 Å². The van der Waals surface area contributed by atoms with Gasteiger partial charge >= 0.3 is 6.03 Å². The summed E-state index contributed by atoms with van der Waals surface area (Å²) in [6, 6.07) is 9.44. The molecular formula is C22H19BrN2O5. The number of para-hydroxylation sites is 1. The Morgan fingerprint density at radius 1 is 1.17 bits per heavy atom. The molecule has 0 radical (unpaired) electrons. The fraction of sp³-hybridized carbons (Fsp3) is 0.136. The summed E-state index contributed by atoms with van der Waals surface area (Å²) in [5, 5.41) is 2.22. The Bertz CT molecular complexity index is 1080. The number of urea groups is 1. The van der Waals surface area contributed by atoms with Crippen LogP contribution in [0.2, 0.25) is 0 Å². The van der Waals surface area contributed by atoms with Crippen molar-refractivity contribution in [1.82, 2.24) is 5.32 Å². The third kappa shape index (κ3) is 4.13. The van der Waals surface area contributed by atoms with Gasteiger partial charge in [0, 0.05) is 4.47 Å². The van der Waals surface area contributed by atoms with Crippen molar-refractivity contribution in [3.05, 3.63) is 70.2 Å². The molecule has 0 bridgehead atoms. The molecule has 0 aromatic heterocycles. The second-order valence-corrected chi connectivity index (χ2v) is 7.22. The van der Waals surface area contributed by atoms with Crippen LogP contribution < -0.4 is 19.7 Å². The van der Waals surface area contributed by atoms with E-state index < -0.39 is 17.8 Å². The quantitative estimate of drug-likeness (QED) is 0.391. The molecule has 1 N–H and O–H groups in total. The molecule has 7 nitrogen and oxygen atoms in total. The molecule has 4 amide bonds. The molecule has 154 valence electrons. The van der Waals surface area contributed by atoms with Gasteiger partial charge in [-0.2, -0.15) is 0 Å². The lowest BCUT2D eigenvalue weighted by Gasteiger charge is -2.27. The highest BCUT2D eigenvalue weighted by Gasteiger charge is 2.37. The Balaban J connectivity index is 2.04. The molecule has 1 saturated heterocycles. The van der Waals surface area contributed by atoms with Crippen molar-refractivity contribution >= 4 is 45.5 Å². The van der Waals surface area contributed by atoms with E-state index in [0.29, 0.717) is 27.2 Å². The van der Waals surface area contributed by atoms with Gasteiger partial charge in [0.1, 0.15) is 12.2 Å². The van der Waals surface area contributed by atoms with E-state index in [2.05, 4.69) is 27.8 Å². The number of carbonyl (C=O) groups is 3. The van der Waals surface area contributed by atoms with Crippen LogP contribution in [0.3, 0.4) is 0 Å². The number of barbiturate groups is 1. The van der Waals surface area contributed by atoms with Gasteiger partial charge in [-0.15, -0.1) is 0 Å². The minimum atomic E-state index is -0.790. The monoisotopic (exact) mass is 470 g/mol. The number of hydrogen-bond acceptors (Lipinski definition) is 5. The molecule has 0 saturated carbocycles. The summed E-state index contributed by atoms with van der Waals surface area (Å²) >= 11 is 3.42. The van der Waals surface area contributed by atoms with Crippen LogP contribution in [-0.4, -0.2) is 31.6 Å². The molecule has 1 fully saturated rings. The lowest BCUT2D eigenvalue weighted by Crippen LogP contribution is -2.54. The summed E-state index contributed by atoms with van der Waals surface area (Å²) in [6.07, 6.45) is 3.00. The SMILES string of the molecule is C=CCOc1cc(Br)c(/C=C2\C(=O)NC(=O)N(c3ccccc3C)C2=O)cc1OC. The molecule has 30 heavy (non-hydrogen) atoms. The van der Waals surface area contributed by atoms with Gasteiger partial charge in [0.25, 0.3) is 11.8 Å². The van der Waals surface area contributed by atoms with Crippen LogP contribution in [0.1, 0.15) is 11.1 Å². The predicted molar refractivity (Wildman–Crippen MR) is 117 cm³/mol. The lowest BCUT2D eigenvalue weighted by molar-refractivity contribution is -0.122. The Kier molecular flexibility index (Phi) is 6.37. The zero-order valence-corrected chi connectivity index (χ0v) is 18.0. The maximum Gasteiger partial charge on any atom is 0.335 e. The van der Waals surface area contributed by atoms with Crippen molar-refractivity contribution in [3.63, 3.8) is 0 Å². The summed E-state index contributed by atoms with van der Waals surface area (Å²) in [7, 11) is 1.48. The van der Waals surface area contributed by atoms with Crippen LogP contribution in [0.15, 0.2) is 59.1 Å². The van der Waals surface area contributed by atoms with Crippen molar-refractivity contribution in [1.29, 1.82) is 0 Å². The normalized spacial score (nSPS) is 15.2. The fourth-order valence-corrected chi connectivity index (χ4v) is 3.37. The van der Waals surface area contributed by atoms with Crippen molar-refractivity contribution in [2.75, 3.05) is 18.6 Å². The van der Waals surface area contributed by atoms with Crippen LogP contribution in [0.5, 0.6) is 11.5 Å². The Labute approximate surface area is 182 Å². The van der Waals surface area contributed by atoms with Crippen molar-refractivity contribution < 1.29 is 23.9 Å². The minimum Gasteiger partial charge on any atom is -0.493 e. The number of imide groups is 2. The van der Waals surface area contributed by atoms with E-state index in [4.69, 9.17) is 9.47 Å². The Morgan fingerprint density at radius 3 is 2.57 bits per heavy atom. The van der Waals surface area contributed by atoms with Gasteiger partial charge in [-0.1, -0.05) is 46.8 Å². The number of halogens is 1. The molecule has 8 heteroatoms. The van der Waals surface area contributed by atoms with Crippen LogP contribution in [0, 0.1) is 6.92 Å². The lowest BCUT2D eigenvalue weighted by atomic mass is 10.1. The molecule has 2 aromatic rings. The summed E-state index contributed by atoms with van der Waals surface area (Å²) in [4.78, 5) is 38.8. The molecular weight excluding hydrogens is 452 g/mol. The molecule has 0 unspecified atom stereocenters. The predicted octanol–water partition coefficient (Wildman–Crippen LogP) is 4.00. The first-order chi connectivity index (χ1) is 14.4. The number of rotatable bonds is 6. The van der Waals surface area contributed by atoms with Crippen LogP contribution >= 0.6 is 15.9 Å². The van der Waals surface area contributed by atoms with Gasteiger partial charge in [-0.05, 0) is 42.3 Å². The molecule has 3 rings (SSSR count). The van der Waals surface area contributed by atoms with Gasteiger partial charge in [-0.25, -0.2) is 9.69 Å². The molecule has 0 spiro atoms. The topological polar surface area (TPSA) is 84.9 Å². The first-order valence-corrected chi connectivity index (χ1v) is 9.75. The third-order valence-electron chi connectivity index (χ3n) is 4.40. The molecule has 1 heterocycles. The zero-order valence-electron chi connectivity index (χ0n) is 16.4. The van der Waals surface area contributed by atoms with Crippen LogP contribution in [0.25, 0.3) is 6.08 Å². The average Bonchev–Trinajstić information content (AvgIpc) is 2.71. The smallest absolute Gasteiger partial charge is 0.335 e. The number of carbonyl (C=O) groups excluding carboxylic acids is 3. The van der Waals surface area contributed by atoms with E-state index in [1.54, 1.807) is 49.4 Å². The van der Waals surface area contributed by atoms with Crippen molar-refractivity contribution in [2.45, 2.75) is 6.92 Å². The Morgan fingerprint density at radius 2 is 1.90 bits per heavy atom. The van der Waals surface area contributed by atoms with Gasteiger partial charge in [0.05, 0.1) is 12.8 Å². The first kappa shape index (κ1) is 21.3. The Hall–Kier alpha value is -3.39. The number of amides is 4. The summed E-state index contributed by atoms with van der Waals surface area (Å²) in [5.74, 6) is -0.589. The second-order valence-electron chi connectivity index (χ2n) is 6.37. The third-order valence-corrected chi connectivity index (χ3v) is 5.08. The number of nitrogens with zero attached hydrogens (tertiary/aromatic N) is 1. The number of nitrogens with one attached hydrogen (secondary N) is 1. The second kappa shape index (κ2) is 8.96. The van der Waals surface area contributed by atoms with Gasteiger partial charge < -0.3 is 9.47 Å². The van der Waals surface area contributed by atoms with Crippen LogP contribution in [-0.2, 0) is 9.59 Å². The number of ether oxygens (including phenoxy) is 2. The summed E-state index contributed by atoms with van der Waals surface area (Å²) in [5.41, 5.74) is 1.46. The first-order valence-electron chi connectivity index (χ1n) is 8.95. The van der Waals surface area contributed by atoms with E-state index in [1.165, 1.54) is 13.2 Å². The van der Waals surface area contributed by atoms with Gasteiger partial charge in [-0.3, -0.25) is 14.9 Å². The molecule has 1 aliphatic heterocycles. The van der Waals surface area contributed by atoms with Crippen molar-refractivity contribution in [3.8, 4) is 11.5 Å². The highest BCUT2D eigenvalue weighted by Crippen LogP contribution is 2.35. The summed E-state index contributed by atoms with van der Waals surface area (Å²) in [6.45, 7) is 5.67. The molecule has 1 aliphatic rings. The molecule has 0 aliphatic carbocycles. The number of anilines is 1. The number of hydrogen-bond donors (Lipinski definition) is 1. The largest absolute Gasteiger partial charge is 0.493 e. The van der Waals surface area contributed by atoms with E-state index in [1.807, 2.05) is 0 Å². The number of aryl methyl sites for hydroxylation is 1. The maximum atomic E-state index is 13.1. The van der Waals surface area contributed by atoms with E-state index in [9.17, 15) is 14.4 Å². The van der Waals surface area contributed by atoms with Crippen molar-refractivity contribution in [2.24, 2.45) is 0 Å². The van der Waals surface area contributed by atoms with Crippen LogP contribution in [0.4, 0.5) is 10.5 Å². The average molecular weight is 471 g/mol. The molecule has 2 aromatic carbocycles. The van der Waals surface area contributed by atoms with Gasteiger partial charge in [0.2, 0.25) is 0 Å². The maximum absolute atomic E-state index is 13.1.